The van der Waals surface area contributed by atoms with Crippen LogP contribution in [0.5, 0.6) is 0 Å². The fraction of sp³-hybridized carbons (Fsp3) is 0.385. The van der Waals surface area contributed by atoms with Gasteiger partial charge >= 0.3 is 0 Å². The van der Waals surface area contributed by atoms with Crippen LogP contribution in [-0.2, 0) is 14.3 Å². The maximum atomic E-state index is 13.0. The molecule has 2 aromatic rings. The quantitative estimate of drug-likeness (QED) is 0.598. The highest BCUT2D eigenvalue weighted by Gasteiger charge is 2.34. The molecule has 2 amide bonds. The summed E-state index contributed by atoms with van der Waals surface area (Å²) in [5, 5.41) is 3.01. The average molecular weight is 496 g/mol. The van der Waals surface area contributed by atoms with Crippen LogP contribution in [0.2, 0.25) is 5.02 Å². The summed E-state index contributed by atoms with van der Waals surface area (Å²) in [6.45, 7) is 4.62. The normalized spacial score (nSPS) is 20.9. The van der Waals surface area contributed by atoms with Crippen molar-refractivity contribution in [1.29, 1.82) is 0 Å². The van der Waals surface area contributed by atoms with E-state index in [-0.39, 0.29) is 51.3 Å². The molecule has 5 rings (SSSR count). The summed E-state index contributed by atoms with van der Waals surface area (Å²) in [4.78, 5) is 55.3. The van der Waals surface area contributed by atoms with Crippen LogP contribution in [0.1, 0.15) is 51.6 Å². The third-order valence-electron chi connectivity index (χ3n) is 7.03. The Balaban J connectivity index is 1.26. The van der Waals surface area contributed by atoms with Gasteiger partial charge in [-0.25, -0.2) is 0 Å². The molecule has 0 radical (unpaired) electrons. The van der Waals surface area contributed by atoms with Crippen molar-refractivity contribution < 1.29 is 23.9 Å². The standard InChI is InChI=1S/C26H26ClN3O5/c1-15(29-8-10-30(11-9-29)26(34)22-7-4-12-35-22)25(33)28-21-14-19-18(13-20(21)27)23(31)16-5-2-3-6-17(16)24(19)32/h2-3,5-6,13-15,22H,4,7-12H2,1H3,(H,28,33). The van der Waals surface area contributed by atoms with E-state index in [2.05, 4.69) is 5.32 Å². The molecule has 0 bridgehead atoms. The Morgan fingerprint density at radius 3 is 2.23 bits per heavy atom. The summed E-state index contributed by atoms with van der Waals surface area (Å²) < 4.78 is 5.50. The van der Waals surface area contributed by atoms with Gasteiger partial charge in [0, 0.05) is 55.0 Å². The van der Waals surface area contributed by atoms with Crippen molar-refractivity contribution in [3.63, 3.8) is 0 Å². The zero-order chi connectivity index (χ0) is 24.7. The van der Waals surface area contributed by atoms with Crippen LogP contribution in [0.25, 0.3) is 0 Å². The number of hydrogen-bond acceptors (Lipinski definition) is 6. The molecule has 182 valence electrons. The number of halogens is 1. The minimum atomic E-state index is -0.472. The number of rotatable bonds is 4. The Kier molecular flexibility index (Phi) is 6.44. The third kappa shape index (κ3) is 4.37. The molecule has 2 aliphatic heterocycles. The minimum Gasteiger partial charge on any atom is -0.368 e. The molecule has 0 saturated carbocycles. The number of fused-ring (bicyclic) bond motifs is 2. The summed E-state index contributed by atoms with van der Waals surface area (Å²) in [5.41, 5.74) is 1.44. The fourth-order valence-electron chi connectivity index (χ4n) is 4.92. The van der Waals surface area contributed by atoms with Crippen molar-refractivity contribution in [2.24, 2.45) is 0 Å². The molecule has 2 unspecified atom stereocenters. The third-order valence-corrected chi connectivity index (χ3v) is 7.34. The van der Waals surface area contributed by atoms with Gasteiger partial charge in [0.15, 0.2) is 11.6 Å². The van der Waals surface area contributed by atoms with Crippen LogP contribution < -0.4 is 5.32 Å². The van der Waals surface area contributed by atoms with Gasteiger partial charge in [0.2, 0.25) is 5.91 Å². The van der Waals surface area contributed by atoms with Crippen LogP contribution in [0.3, 0.4) is 0 Å². The van der Waals surface area contributed by atoms with Gasteiger partial charge < -0.3 is 15.0 Å². The van der Waals surface area contributed by atoms with Gasteiger partial charge in [-0.2, -0.15) is 0 Å². The molecule has 9 heteroatoms. The van der Waals surface area contributed by atoms with Gasteiger partial charge in [0.1, 0.15) is 6.10 Å². The SMILES string of the molecule is CC(C(=O)Nc1cc2c(cc1Cl)C(=O)c1ccccc1C2=O)N1CCN(C(=O)C2CCCO2)CC1. The van der Waals surface area contributed by atoms with Gasteiger partial charge in [-0.3, -0.25) is 24.1 Å². The molecule has 2 atom stereocenters. The predicted octanol–water partition coefficient (Wildman–Crippen LogP) is 2.77. The second-order valence-corrected chi connectivity index (χ2v) is 9.52. The number of carbonyl (C=O) groups excluding carboxylic acids is 4. The summed E-state index contributed by atoms with van der Waals surface area (Å²) in [7, 11) is 0. The molecule has 0 aromatic heterocycles. The number of piperazine rings is 1. The molecule has 1 aliphatic carbocycles. The second-order valence-electron chi connectivity index (χ2n) is 9.11. The fourth-order valence-corrected chi connectivity index (χ4v) is 5.13. The van der Waals surface area contributed by atoms with E-state index in [4.69, 9.17) is 16.3 Å². The molecular formula is C26H26ClN3O5. The lowest BCUT2D eigenvalue weighted by Gasteiger charge is -2.38. The monoisotopic (exact) mass is 495 g/mol. The molecule has 8 nitrogen and oxygen atoms in total. The van der Waals surface area contributed by atoms with Crippen molar-refractivity contribution in [1.82, 2.24) is 9.80 Å². The second kappa shape index (κ2) is 9.53. The molecule has 2 fully saturated rings. The summed E-state index contributed by atoms with van der Waals surface area (Å²) in [6, 6.07) is 9.13. The Morgan fingerprint density at radius 2 is 1.63 bits per heavy atom. The number of carbonyl (C=O) groups is 4. The first-order valence-electron chi connectivity index (χ1n) is 11.8. The molecule has 2 saturated heterocycles. The first-order valence-corrected chi connectivity index (χ1v) is 12.2. The van der Waals surface area contributed by atoms with E-state index in [1.165, 1.54) is 12.1 Å². The van der Waals surface area contributed by atoms with Crippen molar-refractivity contribution in [3.05, 3.63) is 63.7 Å². The first-order chi connectivity index (χ1) is 16.8. The van der Waals surface area contributed by atoms with Crippen LogP contribution in [-0.4, -0.2) is 78.1 Å². The lowest BCUT2D eigenvalue weighted by molar-refractivity contribution is -0.143. The van der Waals surface area contributed by atoms with Crippen molar-refractivity contribution in [2.45, 2.75) is 31.9 Å². The smallest absolute Gasteiger partial charge is 0.251 e. The summed E-state index contributed by atoms with van der Waals surface area (Å²) in [5.74, 6) is -0.789. The number of amides is 2. The Morgan fingerprint density at radius 1 is 1.00 bits per heavy atom. The largest absolute Gasteiger partial charge is 0.368 e. The van der Waals surface area contributed by atoms with Crippen LogP contribution in [0.15, 0.2) is 36.4 Å². The average Bonchev–Trinajstić information content (AvgIpc) is 3.42. The van der Waals surface area contributed by atoms with E-state index in [1.807, 2.05) is 4.90 Å². The van der Waals surface area contributed by atoms with E-state index in [1.54, 1.807) is 36.1 Å². The number of ether oxygens (including phenoxy) is 1. The first kappa shape index (κ1) is 23.7. The number of nitrogens with one attached hydrogen (secondary N) is 1. The van der Waals surface area contributed by atoms with E-state index in [0.29, 0.717) is 43.9 Å². The van der Waals surface area contributed by atoms with Gasteiger partial charge in [-0.1, -0.05) is 35.9 Å². The summed E-state index contributed by atoms with van der Waals surface area (Å²) in [6.07, 6.45) is 1.33. The van der Waals surface area contributed by atoms with Crippen LogP contribution in [0.4, 0.5) is 5.69 Å². The molecule has 2 aromatic carbocycles. The lowest BCUT2D eigenvalue weighted by atomic mass is 9.84. The maximum absolute atomic E-state index is 13.0. The number of hydrogen-bond donors (Lipinski definition) is 1. The van der Waals surface area contributed by atoms with Gasteiger partial charge in [0.05, 0.1) is 16.8 Å². The van der Waals surface area contributed by atoms with Crippen molar-refractivity contribution >= 4 is 40.7 Å². The zero-order valence-corrected chi connectivity index (χ0v) is 20.1. The van der Waals surface area contributed by atoms with Crippen molar-refractivity contribution in [3.8, 4) is 0 Å². The number of nitrogens with zero attached hydrogens (tertiary/aromatic N) is 2. The Bertz CT molecular complexity index is 1220. The number of anilines is 1. The summed E-state index contributed by atoms with van der Waals surface area (Å²) >= 11 is 6.40. The minimum absolute atomic E-state index is 0.0286. The van der Waals surface area contributed by atoms with E-state index < -0.39 is 6.04 Å². The molecule has 2 heterocycles. The number of ketones is 2. The Labute approximate surface area is 208 Å². The van der Waals surface area contributed by atoms with E-state index in [0.717, 1.165) is 12.8 Å². The van der Waals surface area contributed by atoms with Gasteiger partial charge in [0.25, 0.3) is 5.91 Å². The maximum Gasteiger partial charge on any atom is 0.251 e. The molecule has 1 N–H and O–H groups in total. The van der Waals surface area contributed by atoms with Crippen LogP contribution in [0, 0.1) is 0 Å². The van der Waals surface area contributed by atoms with E-state index >= 15 is 0 Å². The number of benzene rings is 2. The van der Waals surface area contributed by atoms with Gasteiger partial charge in [-0.05, 0) is 31.9 Å². The Hall–Kier alpha value is -3.07. The molecular weight excluding hydrogens is 470 g/mol. The predicted molar refractivity (Wildman–Crippen MR) is 130 cm³/mol. The molecule has 35 heavy (non-hydrogen) atoms. The topological polar surface area (TPSA) is 96.0 Å². The van der Waals surface area contributed by atoms with E-state index in [9.17, 15) is 19.2 Å². The molecule has 0 spiro atoms. The lowest BCUT2D eigenvalue weighted by Crippen LogP contribution is -2.55. The molecule has 3 aliphatic rings. The zero-order valence-electron chi connectivity index (χ0n) is 19.4. The highest BCUT2D eigenvalue weighted by Crippen LogP contribution is 2.33. The highest BCUT2D eigenvalue weighted by atomic mass is 35.5. The van der Waals surface area contributed by atoms with Gasteiger partial charge in [-0.15, -0.1) is 0 Å². The van der Waals surface area contributed by atoms with Crippen molar-refractivity contribution in [2.75, 3.05) is 38.1 Å². The highest BCUT2D eigenvalue weighted by molar-refractivity contribution is 6.36. The van der Waals surface area contributed by atoms with Crippen LogP contribution >= 0.6 is 11.6 Å².